The first-order chi connectivity index (χ1) is 13.0. The fourth-order valence-corrected chi connectivity index (χ4v) is 6.94. The van der Waals surface area contributed by atoms with E-state index in [4.69, 9.17) is 11.6 Å². The third kappa shape index (κ3) is 3.40. The fraction of sp³-hybridized carbons (Fsp3) is 0.625. The van der Waals surface area contributed by atoms with Crippen LogP contribution in [0.1, 0.15) is 30.6 Å². The zero-order chi connectivity index (χ0) is 19.1. The van der Waals surface area contributed by atoms with Gasteiger partial charge >= 0.3 is 167 Å². The van der Waals surface area contributed by atoms with Crippen molar-refractivity contribution in [2.75, 3.05) is 12.4 Å². The summed E-state index contributed by atoms with van der Waals surface area (Å²) in [7, 11) is 1.52. The fourth-order valence-electron chi connectivity index (χ4n) is 3.69. The summed E-state index contributed by atoms with van der Waals surface area (Å²) in [5.41, 5.74) is 1.07. The van der Waals surface area contributed by atoms with E-state index in [2.05, 4.69) is 25.6 Å². The van der Waals surface area contributed by atoms with Gasteiger partial charge in [-0.3, -0.25) is 0 Å². The predicted molar refractivity (Wildman–Crippen MR) is 101 cm³/mol. The number of aromatic nitrogens is 4. The molecule has 0 unspecified atom stereocenters. The molecular weight excluding hydrogens is 439 g/mol. The van der Waals surface area contributed by atoms with Crippen LogP contribution >= 0.6 is 11.6 Å². The van der Waals surface area contributed by atoms with Crippen LogP contribution < -0.4 is 10.6 Å². The van der Waals surface area contributed by atoms with Crippen LogP contribution in [0.5, 0.6) is 0 Å². The molecule has 2 fully saturated rings. The first kappa shape index (κ1) is 18.9. The molecule has 0 spiro atoms. The van der Waals surface area contributed by atoms with Crippen molar-refractivity contribution in [1.82, 2.24) is 24.8 Å². The third-order valence-electron chi connectivity index (χ3n) is 5.11. The van der Waals surface area contributed by atoms with Gasteiger partial charge in [-0.2, -0.15) is 0 Å². The van der Waals surface area contributed by atoms with Crippen molar-refractivity contribution >= 4 is 49.4 Å². The quantitative estimate of drug-likeness (QED) is 0.383. The molecule has 11 heteroatoms. The van der Waals surface area contributed by atoms with E-state index in [-0.39, 0.29) is 26.1 Å². The van der Waals surface area contributed by atoms with Gasteiger partial charge in [0.05, 0.1) is 0 Å². The monoisotopic (exact) mass is 460 g/mol. The summed E-state index contributed by atoms with van der Waals surface area (Å²) in [5, 5.41) is 26.9. The normalized spacial score (nSPS) is 28.7. The van der Waals surface area contributed by atoms with Gasteiger partial charge in [0.15, 0.2) is 0 Å². The SMILES string of the molecule is CNC(=O)[C@H]1[Se][C@@H](n2cnc3c(NC4CCCC4)nc(Cl)nc32)[C@H](O)[C@@H]1O. The number of aliphatic hydroxyl groups excluding tert-OH is 2. The van der Waals surface area contributed by atoms with E-state index in [9.17, 15) is 15.0 Å². The van der Waals surface area contributed by atoms with E-state index in [0.29, 0.717) is 23.0 Å². The first-order valence-corrected chi connectivity index (χ1v) is 11.2. The molecule has 9 nitrogen and oxygen atoms in total. The number of carbonyl (C=O) groups is 1. The Bertz CT molecular complexity index is 858. The number of carbonyl (C=O) groups excluding carboxylic acids is 1. The molecule has 4 N–H and O–H groups in total. The van der Waals surface area contributed by atoms with Gasteiger partial charge in [-0.25, -0.2) is 0 Å². The molecule has 3 heterocycles. The summed E-state index contributed by atoms with van der Waals surface area (Å²) in [6.45, 7) is 0. The molecular formula is C16H21ClN6O3Se. The number of hydrogen-bond donors (Lipinski definition) is 4. The average Bonchev–Trinajstić information content (AvgIpc) is 3.36. The van der Waals surface area contributed by atoms with Crippen molar-refractivity contribution in [3.63, 3.8) is 0 Å². The van der Waals surface area contributed by atoms with Crippen LogP contribution in [-0.2, 0) is 4.79 Å². The number of amides is 1. The van der Waals surface area contributed by atoms with Crippen LogP contribution in [0.2, 0.25) is 10.1 Å². The van der Waals surface area contributed by atoms with E-state index in [1.807, 2.05) is 0 Å². The Morgan fingerprint density at radius 1 is 1.30 bits per heavy atom. The first-order valence-electron chi connectivity index (χ1n) is 8.89. The topological polar surface area (TPSA) is 125 Å². The van der Waals surface area contributed by atoms with Crippen LogP contribution in [0, 0.1) is 0 Å². The van der Waals surface area contributed by atoms with E-state index < -0.39 is 22.0 Å². The molecule has 1 aliphatic carbocycles. The van der Waals surface area contributed by atoms with E-state index in [1.165, 1.54) is 19.9 Å². The number of aliphatic hydroxyl groups is 2. The van der Waals surface area contributed by atoms with Gasteiger partial charge in [-0.1, -0.05) is 0 Å². The minimum atomic E-state index is -1.12. The summed E-state index contributed by atoms with van der Waals surface area (Å²) >= 11 is 5.75. The Morgan fingerprint density at radius 3 is 2.74 bits per heavy atom. The predicted octanol–water partition coefficient (Wildman–Crippen LogP) is 0.307. The van der Waals surface area contributed by atoms with Gasteiger partial charge in [0.25, 0.3) is 0 Å². The zero-order valence-corrected chi connectivity index (χ0v) is 17.1. The molecule has 0 bridgehead atoms. The Hall–Kier alpha value is -1.45. The van der Waals surface area contributed by atoms with Gasteiger partial charge in [-0.05, 0) is 0 Å². The van der Waals surface area contributed by atoms with Crippen LogP contribution in [0.25, 0.3) is 11.2 Å². The van der Waals surface area contributed by atoms with Crippen molar-refractivity contribution < 1.29 is 15.0 Å². The van der Waals surface area contributed by atoms with Gasteiger partial charge in [0.1, 0.15) is 0 Å². The second-order valence-electron chi connectivity index (χ2n) is 6.83. The number of nitrogens with zero attached hydrogens (tertiary/aromatic N) is 4. The molecule has 2 aromatic rings. The number of imidazole rings is 1. The molecule has 1 amide bonds. The molecule has 4 rings (SSSR count). The average molecular weight is 460 g/mol. The Kier molecular flexibility index (Phi) is 5.26. The van der Waals surface area contributed by atoms with Crippen molar-refractivity contribution in [3.8, 4) is 0 Å². The summed E-state index contributed by atoms with van der Waals surface area (Å²) in [4.78, 5) is 23.9. The Labute approximate surface area is 167 Å². The van der Waals surface area contributed by atoms with Crippen LogP contribution in [0.4, 0.5) is 5.82 Å². The summed E-state index contributed by atoms with van der Waals surface area (Å²) < 4.78 is 1.71. The molecule has 0 aromatic carbocycles. The molecule has 1 saturated carbocycles. The molecule has 146 valence electrons. The maximum absolute atomic E-state index is 12.0. The standard InChI is InChI=1S/C16H21ClN6O3Se/c1-18-14(26)11-9(24)10(25)15(27-11)23-6-19-8-12(20-7-4-2-3-5-7)21-16(17)22-13(8)23/h6-7,9-11,15,24-25H,2-5H2,1H3,(H,18,26)(H,20,21,22)/t9-,10+,11-,15+/m0/s1. The van der Waals surface area contributed by atoms with Crippen LogP contribution in [0.15, 0.2) is 6.33 Å². The van der Waals surface area contributed by atoms with Crippen LogP contribution in [-0.4, -0.2) is 75.9 Å². The third-order valence-corrected chi connectivity index (χ3v) is 8.57. The van der Waals surface area contributed by atoms with Crippen molar-refractivity contribution in [1.29, 1.82) is 0 Å². The summed E-state index contributed by atoms with van der Waals surface area (Å²) in [6.07, 6.45) is 3.89. The van der Waals surface area contributed by atoms with Crippen molar-refractivity contribution in [3.05, 3.63) is 11.6 Å². The number of halogens is 1. The number of rotatable bonds is 4. The number of nitrogens with one attached hydrogen (secondary N) is 2. The molecule has 0 radical (unpaired) electrons. The van der Waals surface area contributed by atoms with E-state index in [0.717, 1.165) is 12.8 Å². The van der Waals surface area contributed by atoms with Crippen LogP contribution in [0.3, 0.4) is 0 Å². The van der Waals surface area contributed by atoms with Gasteiger partial charge < -0.3 is 0 Å². The second-order valence-corrected chi connectivity index (χ2v) is 9.82. The minimum absolute atomic E-state index is 0.0909. The molecule has 1 saturated heterocycles. The van der Waals surface area contributed by atoms with Gasteiger partial charge in [-0.15, -0.1) is 0 Å². The Morgan fingerprint density at radius 2 is 2.04 bits per heavy atom. The molecule has 1 aliphatic heterocycles. The van der Waals surface area contributed by atoms with Gasteiger partial charge in [0.2, 0.25) is 0 Å². The van der Waals surface area contributed by atoms with Crippen molar-refractivity contribution in [2.45, 2.75) is 53.7 Å². The van der Waals surface area contributed by atoms with E-state index >= 15 is 0 Å². The molecule has 4 atom stereocenters. The molecule has 2 aromatic heterocycles. The number of fused-ring (bicyclic) bond motifs is 1. The zero-order valence-electron chi connectivity index (χ0n) is 14.7. The van der Waals surface area contributed by atoms with E-state index in [1.54, 1.807) is 10.9 Å². The van der Waals surface area contributed by atoms with Crippen molar-refractivity contribution in [2.24, 2.45) is 0 Å². The maximum atomic E-state index is 12.0. The number of anilines is 1. The molecule has 2 aliphatic rings. The molecule has 27 heavy (non-hydrogen) atoms. The summed E-state index contributed by atoms with van der Waals surface area (Å²) in [6, 6.07) is 0.338. The second kappa shape index (κ2) is 7.52. The Balaban J connectivity index is 1.68. The number of hydrogen-bond acceptors (Lipinski definition) is 7. The van der Waals surface area contributed by atoms with Gasteiger partial charge in [0, 0.05) is 0 Å². The summed E-state index contributed by atoms with van der Waals surface area (Å²) in [5.74, 6) is 0.309.